The summed E-state index contributed by atoms with van der Waals surface area (Å²) >= 11 is 0. The summed E-state index contributed by atoms with van der Waals surface area (Å²) in [6.07, 6.45) is 2.98. The highest BCUT2D eigenvalue weighted by atomic mass is 16.4. The molecule has 2 N–H and O–H groups in total. The van der Waals surface area contributed by atoms with E-state index in [2.05, 4.69) is 10.3 Å². The lowest BCUT2D eigenvalue weighted by Gasteiger charge is -2.11. The third-order valence-electron chi connectivity index (χ3n) is 3.38. The van der Waals surface area contributed by atoms with Crippen LogP contribution in [0, 0.1) is 0 Å². The maximum absolute atomic E-state index is 11.2. The third kappa shape index (κ3) is 2.05. The standard InChI is InChI=1S/C13H13N3O3/c17-11-5-4-8(15-11)6-16-7-14-12-9(13(18)19)2-1-3-10(12)16/h1-3,7-8H,4-6H2,(H,15,17)(H,18,19). The minimum atomic E-state index is -0.981. The maximum atomic E-state index is 11.2. The summed E-state index contributed by atoms with van der Waals surface area (Å²) < 4.78 is 1.89. The van der Waals surface area contributed by atoms with E-state index in [9.17, 15) is 9.59 Å². The molecule has 1 amide bonds. The predicted molar refractivity (Wildman–Crippen MR) is 67.9 cm³/mol. The number of hydrogen-bond acceptors (Lipinski definition) is 3. The Hall–Kier alpha value is -2.37. The second kappa shape index (κ2) is 4.38. The molecule has 6 nitrogen and oxygen atoms in total. The summed E-state index contributed by atoms with van der Waals surface area (Å²) in [5, 5.41) is 12.0. The first kappa shape index (κ1) is 11.7. The summed E-state index contributed by atoms with van der Waals surface area (Å²) in [6, 6.07) is 5.18. The molecule has 0 bridgehead atoms. The molecular formula is C13H13N3O3. The van der Waals surface area contributed by atoms with Crippen LogP contribution in [0.4, 0.5) is 0 Å². The zero-order chi connectivity index (χ0) is 13.4. The van der Waals surface area contributed by atoms with E-state index in [0.717, 1.165) is 11.9 Å². The molecule has 2 aromatic rings. The van der Waals surface area contributed by atoms with E-state index >= 15 is 0 Å². The van der Waals surface area contributed by atoms with E-state index in [-0.39, 0.29) is 17.5 Å². The Morgan fingerprint density at radius 1 is 1.53 bits per heavy atom. The zero-order valence-electron chi connectivity index (χ0n) is 10.2. The smallest absolute Gasteiger partial charge is 0.337 e. The van der Waals surface area contributed by atoms with Gasteiger partial charge in [-0.2, -0.15) is 0 Å². The van der Waals surface area contributed by atoms with Crippen LogP contribution >= 0.6 is 0 Å². The minimum Gasteiger partial charge on any atom is -0.478 e. The predicted octanol–water partition coefficient (Wildman–Crippen LogP) is 1.01. The number of carbonyl (C=O) groups excluding carboxylic acids is 1. The number of imidazole rings is 1. The molecule has 0 saturated carbocycles. The van der Waals surface area contributed by atoms with Gasteiger partial charge in [-0.3, -0.25) is 4.79 Å². The van der Waals surface area contributed by atoms with Gasteiger partial charge >= 0.3 is 5.97 Å². The van der Waals surface area contributed by atoms with Crippen LogP contribution < -0.4 is 5.32 Å². The van der Waals surface area contributed by atoms with Crippen molar-refractivity contribution in [2.75, 3.05) is 0 Å². The van der Waals surface area contributed by atoms with Gasteiger partial charge in [-0.05, 0) is 18.6 Å². The second-order valence-electron chi connectivity index (χ2n) is 4.68. The average Bonchev–Trinajstić information content (AvgIpc) is 2.97. The lowest BCUT2D eigenvalue weighted by molar-refractivity contribution is -0.119. The van der Waals surface area contributed by atoms with Crippen molar-refractivity contribution in [2.24, 2.45) is 0 Å². The van der Waals surface area contributed by atoms with Gasteiger partial charge in [0.05, 0.1) is 17.4 Å². The molecule has 1 aliphatic rings. The minimum absolute atomic E-state index is 0.0700. The number of benzene rings is 1. The van der Waals surface area contributed by atoms with Crippen molar-refractivity contribution in [3.8, 4) is 0 Å². The van der Waals surface area contributed by atoms with Gasteiger partial charge in [-0.1, -0.05) is 6.07 Å². The van der Waals surface area contributed by atoms with Gasteiger partial charge in [0.1, 0.15) is 5.52 Å². The Labute approximate surface area is 109 Å². The fourth-order valence-electron chi connectivity index (χ4n) is 2.46. The molecule has 1 unspecified atom stereocenters. The number of nitrogens with zero attached hydrogens (tertiary/aromatic N) is 2. The number of aromatic nitrogens is 2. The van der Waals surface area contributed by atoms with Crippen LogP contribution in [0.15, 0.2) is 24.5 Å². The van der Waals surface area contributed by atoms with Crippen LogP contribution in [-0.4, -0.2) is 32.6 Å². The highest BCUT2D eigenvalue weighted by Gasteiger charge is 2.22. The molecule has 98 valence electrons. The van der Waals surface area contributed by atoms with Gasteiger partial charge < -0.3 is 15.0 Å². The lowest BCUT2D eigenvalue weighted by Crippen LogP contribution is -2.29. The molecular weight excluding hydrogens is 246 g/mol. The molecule has 1 aliphatic heterocycles. The molecule has 1 aromatic heterocycles. The molecule has 0 radical (unpaired) electrons. The van der Waals surface area contributed by atoms with Gasteiger partial charge in [0, 0.05) is 19.0 Å². The van der Waals surface area contributed by atoms with Crippen molar-refractivity contribution in [2.45, 2.75) is 25.4 Å². The van der Waals surface area contributed by atoms with Gasteiger partial charge in [-0.15, -0.1) is 0 Å². The highest BCUT2D eigenvalue weighted by molar-refractivity contribution is 6.00. The first-order valence-electron chi connectivity index (χ1n) is 6.11. The lowest BCUT2D eigenvalue weighted by atomic mass is 10.2. The number of para-hydroxylation sites is 1. The number of carbonyl (C=O) groups is 2. The summed E-state index contributed by atoms with van der Waals surface area (Å²) in [7, 11) is 0. The summed E-state index contributed by atoms with van der Waals surface area (Å²) in [5.41, 5.74) is 1.46. The number of rotatable bonds is 3. The average molecular weight is 259 g/mol. The van der Waals surface area contributed by atoms with Crippen molar-refractivity contribution in [3.63, 3.8) is 0 Å². The fraction of sp³-hybridized carbons (Fsp3) is 0.308. The van der Waals surface area contributed by atoms with Crippen molar-refractivity contribution in [1.82, 2.24) is 14.9 Å². The maximum Gasteiger partial charge on any atom is 0.337 e. The zero-order valence-corrected chi connectivity index (χ0v) is 10.2. The van der Waals surface area contributed by atoms with E-state index in [1.807, 2.05) is 10.6 Å². The van der Waals surface area contributed by atoms with Crippen molar-refractivity contribution < 1.29 is 14.7 Å². The van der Waals surface area contributed by atoms with Crippen molar-refractivity contribution in [1.29, 1.82) is 0 Å². The van der Waals surface area contributed by atoms with E-state index in [1.165, 1.54) is 0 Å². The second-order valence-corrected chi connectivity index (χ2v) is 4.68. The Bertz CT molecular complexity index is 662. The molecule has 1 atom stereocenters. The summed E-state index contributed by atoms with van der Waals surface area (Å²) in [6.45, 7) is 0.616. The fourth-order valence-corrected chi connectivity index (χ4v) is 2.46. The van der Waals surface area contributed by atoms with Crippen LogP contribution in [0.3, 0.4) is 0 Å². The van der Waals surface area contributed by atoms with E-state index < -0.39 is 5.97 Å². The highest BCUT2D eigenvalue weighted by Crippen LogP contribution is 2.19. The number of amides is 1. The molecule has 3 rings (SSSR count). The molecule has 0 spiro atoms. The third-order valence-corrected chi connectivity index (χ3v) is 3.38. The summed E-state index contributed by atoms with van der Waals surface area (Å²) in [4.78, 5) is 26.5. The largest absolute Gasteiger partial charge is 0.478 e. The first-order valence-corrected chi connectivity index (χ1v) is 6.11. The monoisotopic (exact) mass is 259 g/mol. The molecule has 0 aliphatic carbocycles. The Morgan fingerprint density at radius 2 is 2.37 bits per heavy atom. The van der Waals surface area contributed by atoms with Crippen LogP contribution in [0.25, 0.3) is 11.0 Å². The number of carboxylic acid groups (broad SMARTS) is 1. The molecule has 2 heterocycles. The molecule has 1 fully saturated rings. The quantitative estimate of drug-likeness (QED) is 0.861. The number of carboxylic acids is 1. The molecule has 19 heavy (non-hydrogen) atoms. The van der Waals surface area contributed by atoms with Crippen molar-refractivity contribution in [3.05, 3.63) is 30.1 Å². The van der Waals surface area contributed by atoms with Gasteiger partial charge in [-0.25, -0.2) is 9.78 Å². The first-order chi connectivity index (χ1) is 9.15. The SMILES string of the molecule is O=C1CCC(Cn2cnc3c(C(=O)O)cccc32)N1. The summed E-state index contributed by atoms with van der Waals surface area (Å²) in [5.74, 6) is -0.911. The van der Waals surface area contributed by atoms with Crippen molar-refractivity contribution >= 4 is 22.9 Å². The van der Waals surface area contributed by atoms with Gasteiger partial charge in [0.25, 0.3) is 0 Å². The Balaban J connectivity index is 1.95. The molecule has 6 heteroatoms. The number of nitrogens with one attached hydrogen (secondary N) is 1. The Kier molecular flexibility index (Phi) is 2.70. The Morgan fingerprint density at radius 3 is 3.05 bits per heavy atom. The van der Waals surface area contributed by atoms with Gasteiger partial charge in [0.15, 0.2) is 0 Å². The number of hydrogen-bond donors (Lipinski definition) is 2. The van der Waals surface area contributed by atoms with Crippen LogP contribution in [-0.2, 0) is 11.3 Å². The van der Waals surface area contributed by atoms with E-state index in [1.54, 1.807) is 18.5 Å². The number of fused-ring (bicyclic) bond motifs is 1. The van der Waals surface area contributed by atoms with Gasteiger partial charge in [0.2, 0.25) is 5.91 Å². The van der Waals surface area contributed by atoms with E-state index in [4.69, 9.17) is 5.11 Å². The molecule has 1 saturated heterocycles. The normalized spacial score (nSPS) is 18.7. The van der Waals surface area contributed by atoms with E-state index in [0.29, 0.717) is 18.5 Å². The number of aromatic carboxylic acids is 1. The molecule has 1 aromatic carbocycles. The van der Waals surface area contributed by atoms with Crippen LogP contribution in [0.2, 0.25) is 0 Å². The van der Waals surface area contributed by atoms with Crippen LogP contribution in [0.1, 0.15) is 23.2 Å². The van der Waals surface area contributed by atoms with Crippen LogP contribution in [0.5, 0.6) is 0 Å². The topological polar surface area (TPSA) is 84.2 Å².